The molecule has 6 heteroatoms. The Labute approximate surface area is 131 Å². The number of halogens is 1. The summed E-state index contributed by atoms with van der Waals surface area (Å²) < 4.78 is 10.5. The van der Waals surface area contributed by atoms with E-state index in [-0.39, 0.29) is 24.4 Å². The van der Waals surface area contributed by atoms with Crippen LogP contribution in [0.5, 0.6) is 11.5 Å². The molecule has 21 heavy (non-hydrogen) atoms. The number of nitrogens with one attached hydrogen (secondary N) is 2. The van der Waals surface area contributed by atoms with Crippen LogP contribution in [0, 0.1) is 6.92 Å². The Hall–Kier alpha value is -1.46. The van der Waals surface area contributed by atoms with E-state index in [9.17, 15) is 4.79 Å². The van der Waals surface area contributed by atoms with E-state index in [1.165, 1.54) is 0 Å². The maximum absolute atomic E-state index is 12.4. The van der Waals surface area contributed by atoms with E-state index in [1.807, 2.05) is 13.0 Å². The predicted octanol–water partition coefficient (Wildman–Crippen LogP) is 1.92. The summed E-state index contributed by atoms with van der Waals surface area (Å²) in [5.41, 5.74) is 1.51. The maximum Gasteiger partial charge on any atom is 0.251 e. The van der Waals surface area contributed by atoms with Crippen molar-refractivity contribution in [3.63, 3.8) is 0 Å². The van der Waals surface area contributed by atoms with E-state index in [0.717, 1.165) is 31.5 Å². The highest BCUT2D eigenvalue weighted by atomic mass is 35.5. The summed E-state index contributed by atoms with van der Waals surface area (Å²) in [6, 6.07) is 3.76. The van der Waals surface area contributed by atoms with Gasteiger partial charge in [-0.25, -0.2) is 0 Å². The smallest absolute Gasteiger partial charge is 0.251 e. The van der Waals surface area contributed by atoms with Crippen LogP contribution in [0.2, 0.25) is 0 Å². The van der Waals surface area contributed by atoms with Crippen molar-refractivity contribution in [1.29, 1.82) is 0 Å². The molecule has 0 bridgehead atoms. The number of carbonyl (C=O) groups excluding carboxylic acids is 1. The van der Waals surface area contributed by atoms with Crippen molar-refractivity contribution >= 4 is 18.3 Å². The van der Waals surface area contributed by atoms with E-state index in [2.05, 4.69) is 10.6 Å². The molecule has 2 rings (SSSR count). The Morgan fingerprint density at radius 3 is 2.52 bits per heavy atom. The minimum atomic E-state index is -0.0582. The van der Waals surface area contributed by atoms with Gasteiger partial charge in [0.2, 0.25) is 0 Å². The van der Waals surface area contributed by atoms with Crippen LogP contribution in [0.25, 0.3) is 0 Å². The highest BCUT2D eigenvalue weighted by Gasteiger charge is 2.19. The topological polar surface area (TPSA) is 59.6 Å². The van der Waals surface area contributed by atoms with Crippen LogP contribution < -0.4 is 20.1 Å². The quantitative estimate of drug-likeness (QED) is 0.891. The standard InChI is InChI=1S/C15H22N2O3.ClH/c1-10-7-13(19-2)14(20-3)8-12(10)15(18)17-11-5-4-6-16-9-11;/h7-8,11,16H,4-6,9H2,1-3H3,(H,17,18);1H/t11-;/m0./s1. The molecule has 1 aliphatic heterocycles. The third-order valence-electron chi connectivity index (χ3n) is 3.61. The Bertz CT molecular complexity index is 488. The van der Waals surface area contributed by atoms with Crippen LogP contribution in [-0.2, 0) is 0 Å². The molecule has 0 spiro atoms. The lowest BCUT2D eigenvalue weighted by Crippen LogP contribution is -2.45. The molecule has 0 aliphatic carbocycles. The minimum Gasteiger partial charge on any atom is -0.493 e. The molecule has 0 radical (unpaired) electrons. The van der Waals surface area contributed by atoms with Crippen LogP contribution in [0.4, 0.5) is 0 Å². The molecule has 0 aromatic heterocycles. The molecule has 5 nitrogen and oxygen atoms in total. The molecule has 0 saturated carbocycles. The van der Waals surface area contributed by atoms with Gasteiger partial charge in [-0.05, 0) is 44.0 Å². The van der Waals surface area contributed by atoms with Gasteiger partial charge in [-0.1, -0.05) is 0 Å². The first-order chi connectivity index (χ1) is 9.65. The zero-order valence-corrected chi connectivity index (χ0v) is 13.5. The van der Waals surface area contributed by atoms with Crippen molar-refractivity contribution in [2.75, 3.05) is 27.3 Å². The van der Waals surface area contributed by atoms with Gasteiger partial charge in [0.05, 0.1) is 14.2 Å². The predicted molar refractivity (Wildman–Crippen MR) is 84.9 cm³/mol. The molecule has 1 aromatic carbocycles. The van der Waals surface area contributed by atoms with Gasteiger partial charge in [0, 0.05) is 18.2 Å². The van der Waals surface area contributed by atoms with Gasteiger partial charge >= 0.3 is 0 Å². The van der Waals surface area contributed by atoms with E-state index in [4.69, 9.17) is 9.47 Å². The van der Waals surface area contributed by atoms with Crippen molar-refractivity contribution < 1.29 is 14.3 Å². The maximum atomic E-state index is 12.4. The summed E-state index contributed by atoms with van der Waals surface area (Å²) in [4.78, 5) is 12.4. The molecule has 2 N–H and O–H groups in total. The lowest BCUT2D eigenvalue weighted by molar-refractivity contribution is 0.0929. The number of piperidine rings is 1. The molecule has 0 unspecified atom stereocenters. The first-order valence-electron chi connectivity index (χ1n) is 6.90. The Balaban J connectivity index is 0.00000220. The lowest BCUT2D eigenvalue weighted by Gasteiger charge is -2.24. The second-order valence-corrected chi connectivity index (χ2v) is 5.04. The van der Waals surface area contributed by atoms with Gasteiger partial charge in [-0.15, -0.1) is 12.4 Å². The molecule has 1 aliphatic rings. The number of hydrogen-bond donors (Lipinski definition) is 2. The van der Waals surface area contributed by atoms with Crippen LogP contribution in [0.15, 0.2) is 12.1 Å². The first-order valence-corrected chi connectivity index (χ1v) is 6.90. The van der Waals surface area contributed by atoms with E-state index >= 15 is 0 Å². The van der Waals surface area contributed by atoms with Crippen LogP contribution in [0.3, 0.4) is 0 Å². The van der Waals surface area contributed by atoms with Gasteiger partial charge in [0.15, 0.2) is 11.5 Å². The number of benzene rings is 1. The van der Waals surface area contributed by atoms with Gasteiger partial charge in [0.25, 0.3) is 5.91 Å². The zero-order valence-electron chi connectivity index (χ0n) is 12.7. The highest BCUT2D eigenvalue weighted by molar-refractivity contribution is 5.96. The summed E-state index contributed by atoms with van der Waals surface area (Å²) in [5.74, 6) is 1.16. The van der Waals surface area contributed by atoms with Crippen LogP contribution in [-0.4, -0.2) is 39.3 Å². The molecular weight excluding hydrogens is 292 g/mol. The fourth-order valence-corrected chi connectivity index (χ4v) is 2.46. The van der Waals surface area contributed by atoms with Crippen molar-refractivity contribution in [3.05, 3.63) is 23.3 Å². The summed E-state index contributed by atoms with van der Waals surface area (Å²) in [6.45, 7) is 3.76. The monoisotopic (exact) mass is 314 g/mol. The van der Waals surface area contributed by atoms with Crippen molar-refractivity contribution in [1.82, 2.24) is 10.6 Å². The normalized spacial score (nSPS) is 17.6. The fourth-order valence-electron chi connectivity index (χ4n) is 2.46. The molecule has 1 heterocycles. The number of ether oxygens (including phenoxy) is 2. The summed E-state index contributed by atoms with van der Waals surface area (Å²) in [5, 5.41) is 6.35. The van der Waals surface area contributed by atoms with E-state index in [1.54, 1.807) is 20.3 Å². The average Bonchev–Trinajstić information content (AvgIpc) is 2.47. The number of rotatable bonds is 4. The lowest BCUT2D eigenvalue weighted by atomic mass is 10.0. The van der Waals surface area contributed by atoms with E-state index < -0.39 is 0 Å². The Kier molecular flexibility index (Phi) is 6.78. The number of amides is 1. The fraction of sp³-hybridized carbons (Fsp3) is 0.533. The third-order valence-corrected chi connectivity index (χ3v) is 3.61. The minimum absolute atomic E-state index is 0. The van der Waals surface area contributed by atoms with Crippen molar-refractivity contribution in [3.8, 4) is 11.5 Å². The second-order valence-electron chi connectivity index (χ2n) is 5.04. The Morgan fingerprint density at radius 2 is 1.95 bits per heavy atom. The van der Waals surface area contributed by atoms with Crippen molar-refractivity contribution in [2.45, 2.75) is 25.8 Å². The molecular formula is C15H23ClN2O3. The largest absolute Gasteiger partial charge is 0.493 e. The average molecular weight is 315 g/mol. The molecule has 1 saturated heterocycles. The van der Waals surface area contributed by atoms with Crippen molar-refractivity contribution in [2.24, 2.45) is 0 Å². The molecule has 1 amide bonds. The van der Waals surface area contributed by atoms with Gasteiger partial charge in [0.1, 0.15) is 0 Å². The third kappa shape index (κ3) is 4.25. The first kappa shape index (κ1) is 17.6. The number of aryl methyl sites for hydroxylation is 1. The van der Waals surface area contributed by atoms with Crippen LogP contribution in [0.1, 0.15) is 28.8 Å². The second kappa shape index (κ2) is 8.10. The zero-order chi connectivity index (χ0) is 14.5. The number of hydrogen-bond acceptors (Lipinski definition) is 4. The SMILES string of the molecule is COc1cc(C)c(C(=O)N[C@H]2CCCNC2)cc1OC.Cl. The van der Waals surface area contributed by atoms with Gasteiger partial charge < -0.3 is 20.1 Å². The molecule has 118 valence electrons. The molecule has 1 aromatic rings. The summed E-state index contributed by atoms with van der Waals surface area (Å²) >= 11 is 0. The molecule has 1 fully saturated rings. The molecule has 1 atom stereocenters. The van der Waals surface area contributed by atoms with Gasteiger partial charge in [-0.3, -0.25) is 4.79 Å². The van der Waals surface area contributed by atoms with Gasteiger partial charge in [-0.2, -0.15) is 0 Å². The summed E-state index contributed by atoms with van der Waals surface area (Å²) in [7, 11) is 3.16. The summed E-state index contributed by atoms with van der Waals surface area (Å²) in [6.07, 6.45) is 2.11. The number of carbonyl (C=O) groups is 1. The number of methoxy groups -OCH3 is 2. The van der Waals surface area contributed by atoms with Crippen LogP contribution >= 0.6 is 12.4 Å². The van der Waals surface area contributed by atoms with E-state index in [0.29, 0.717) is 17.1 Å². The Morgan fingerprint density at radius 1 is 1.29 bits per heavy atom. The highest BCUT2D eigenvalue weighted by Crippen LogP contribution is 2.30.